The first-order valence-electron chi connectivity index (χ1n) is 7.98. The number of hydrogen-bond acceptors (Lipinski definition) is 3. The van der Waals surface area contributed by atoms with Crippen LogP contribution in [0.4, 0.5) is 4.39 Å². The molecule has 2 aromatic carbocycles. The smallest absolute Gasteiger partial charge is 0.263 e. The summed E-state index contributed by atoms with van der Waals surface area (Å²) in [5.41, 5.74) is 0.918. The van der Waals surface area contributed by atoms with Crippen LogP contribution in [0.1, 0.15) is 12.5 Å². The molecule has 0 aliphatic carbocycles. The highest BCUT2D eigenvalue weighted by molar-refractivity contribution is 5.81. The molecule has 0 spiro atoms. The Kier molecular flexibility index (Phi) is 5.11. The molecule has 0 N–H and O–H groups in total. The lowest BCUT2D eigenvalue weighted by Crippen LogP contribution is -2.57. The lowest BCUT2D eigenvalue weighted by atomic mass is 10.1. The number of likely N-dealkylation sites (tertiary alicyclic amines) is 1. The van der Waals surface area contributed by atoms with Gasteiger partial charge in [0.2, 0.25) is 0 Å². The highest BCUT2D eigenvalue weighted by atomic mass is 19.1. The van der Waals surface area contributed by atoms with Gasteiger partial charge in [-0.05, 0) is 36.8 Å². The molecule has 0 saturated carbocycles. The fourth-order valence-corrected chi connectivity index (χ4v) is 2.53. The molecule has 2 aromatic rings. The summed E-state index contributed by atoms with van der Waals surface area (Å²) in [6.45, 7) is 3.29. The quantitative estimate of drug-likeness (QED) is 0.818. The highest BCUT2D eigenvalue weighted by Gasteiger charge is 2.34. The van der Waals surface area contributed by atoms with E-state index in [1.165, 1.54) is 12.1 Å². The van der Waals surface area contributed by atoms with E-state index < -0.39 is 6.10 Å². The second-order valence-corrected chi connectivity index (χ2v) is 5.88. The van der Waals surface area contributed by atoms with Crippen LogP contribution in [0.25, 0.3) is 0 Å². The Morgan fingerprint density at radius 3 is 2.50 bits per heavy atom. The molecule has 1 atom stereocenters. The number of hydrogen-bond donors (Lipinski definition) is 0. The summed E-state index contributed by atoms with van der Waals surface area (Å²) in [5.74, 6) is 0.384. The number of rotatable bonds is 6. The van der Waals surface area contributed by atoms with E-state index in [4.69, 9.17) is 9.47 Å². The molecule has 1 amide bonds. The molecule has 126 valence electrons. The van der Waals surface area contributed by atoms with Crippen molar-refractivity contribution in [2.45, 2.75) is 25.7 Å². The Balaban J connectivity index is 1.40. The molecule has 5 heteroatoms. The van der Waals surface area contributed by atoms with Gasteiger partial charge in [-0.15, -0.1) is 0 Å². The van der Waals surface area contributed by atoms with Gasteiger partial charge in [-0.3, -0.25) is 4.79 Å². The predicted octanol–water partition coefficient (Wildman–Crippen LogP) is 3.02. The first kappa shape index (κ1) is 16.5. The van der Waals surface area contributed by atoms with Crippen LogP contribution < -0.4 is 4.74 Å². The third kappa shape index (κ3) is 4.11. The average Bonchev–Trinajstić information content (AvgIpc) is 2.55. The van der Waals surface area contributed by atoms with Gasteiger partial charge in [0.15, 0.2) is 6.10 Å². The minimum absolute atomic E-state index is 0.0166. The molecule has 1 saturated heterocycles. The van der Waals surface area contributed by atoms with Gasteiger partial charge in [0, 0.05) is 13.1 Å². The van der Waals surface area contributed by atoms with Crippen molar-refractivity contribution in [3.8, 4) is 5.75 Å². The monoisotopic (exact) mass is 329 g/mol. The van der Waals surface area contributed by atoms with Crippen molar-refractivity contribution in [3.63, 3.8) is 0 Å². The Morgan fingerprint density at radius 1 is 1.17 bits per heavy atom. The van der Waals surface area contributed by atoms with Crippen LogP contribution in [0.5, 0.6) is 5.75 Å². The number of halogens is 1. The van der Waals surface area contributed by atoms with Crippen molar-refractivity contribution in [2.24, 2.45) is 0 Å². The minimum atomic E-state index is -0.523. The molecule has 24 heavy (non-hydrogen) atoms. The molecule has 1 heterocycles. The lowest BCUT2D eigenvalue weighted by Gasteiger charge is -2.40. The maximum Gasteiger partial charge on any atom is 0.263 e. The number of ether oxygens (including phenoxy) is 2. The van der Waals surface area contributed by atoms with E-state index in [0.717, 1.165) is 5.56 Å². The van der Waals surface area contributed by atoms with E-state index in [2.05, 4.69) is 0 Å². The molecular formula is C19H20FNO3. The van der Waals surface area contributed by atoms with Crippen molar-refractivity contribution in [1.82, 2.24) is 4.90 Å². The molecule has 1 aliphatic rings. The zero-order valence-electron chi connectivity index (χ0n) is 13.5. The van der Waals surface area contributed by atoms with Gasteiger partial charge >= 0.3 is 0 Å². The number of carbonyl (C=O) groups excluding carboxylic acids is 1. The molecule has 0 bridgehead atoms. The first-order valence-corrected chi connectivity index (χ1v) is 7.98. The van der Waals surface area contributed by atoms with Gasteiger partial charge in [-0.25, -0.2) is 4.39 Å². The van der Waals surface area contributed by atoms with Crippen LogP contribution >= 0.6 is 0 Å². The van der Waals surface area contributed by atoms with Crippen LogP contribution in [0.2, 0.25) is 0 Å². The summed E-state index contributed by atoms with van der Waals surface area (Å²) >= 11 is 0. The summed E-state index contributed by atoms with van der Waals surface area (Å²) in [6.07, 6.45) is -0.506. The standard InChI is InChI=1S/C19H20FNO3/c1-14(24-17-5-3-2-4-6-17)19(22)21-11-18(12-21)23-13-15-7-9-16(20)10-8-15/h2-10,14,18H,11-13H2,1H3/t14-/m0/s1. The molecule has 0 radical (unpaired) electrons. The second-order valence-electron chi connectivity index (χ2n) is 5.88. The molecule has 1 aliphatic heterocycles. The maximum absolute atomic E-state index is 12.8. The zero-order chi connectivity index (χ0) is 16.9. The summed E-state index contributed by atoms with van der Waals surface area (Å²) in [5, 5.41) is 0. The third-order valence-electron chi connectivity index (χ3n) is 3.96. The molecule has 3 rings (SSSR count). The molecule has 0 unspecified atom stereocenters. The van der Waals surface area contributed by atoms with E-state index in [1.54, 1.807) is 24.0 Å². The third-order valence-corrected chi connectivity index (χ3v) is 3.96. The molecule has 1 fully saturated rings. The summed E-state index contributed by atoms with van der Waals surface area (Å²) in [6, 6.07) is 15.5. The van der Waals surface area contributed by atoms with Crippen LogP contribution in [0.15, 0.2) is 54.6 Å². The van der Waals surface area contributed by atoms with Crippen molar-refractivity contribution in [2.75, 3.05) is 13.1 Å². The molecular weight excluding hydrogens is 309 g/mol. The van der Waals surface area contributed by atoms with Crippen LogP contribution in [-0.2, 0) is 16.1 Å². The van der Waals surface area contributed by atoms with E-state index in [-0.39, 0.29) is 17.8 Å². The first-order chi connectivity index (χ1) is 11.6. The van der Waals surface area contributed by atoms with E-state index >= 15 is 0 Å². The Bertz CT molecular complexity index is 669. The van der Waals surface area contributed by atoms with Crippen molar-refractivity contribution in [1.29, 1.82) is 0 Å². The summed E-state index contributed by atoms with van der Waals surface area (Å²) in [7, 11) is 0. The van der Waals surface area contributed by atoms with Gasteiger partial charge in [-0.1, -0.05) is 30.3 Å². The maximum atomic E-state index is 12.8. The largest absolute Gasteiger partial charge is 0.481 e. The van der Waals surface area contributed by atoms with Crippen molar-refractivity contribution in [3.05, 3.63) is 66.0 Å². The Labute approximate surface area is 140 Å². The van der Waals surface area contributed by atoms with Gasteiger partial charge < -0.3 is 14.4 Å². The van der Waals surface area contributed by atoms with Gasteiger partial charge in [-0.2, -0.15) is 0 Å². The topological polar surface area (TPSA) is 38.8 Å². The van der Waals surface area contributed by atoms with Gasteiger partial charge in [0.05, 0.1) is 12.7 Å². The number of nitrogens with zero attached hydrogens (tertiary/aromatic N) is 1. The highest BCUT2D eigenvalue weighted by Crippen LogP contribution is 2.18. The average molecular weight is 329 g/mol. The molecule has 0 aromatic heterocycles. The van der Waals surface area contributed by atoms with Crippen LogP contribution in [-0.4, -0.2) is 36.1 Å². The van der Waals surface area contributed by atoms with Crippen LogP contribution in [0, 0.1) is 5.82 Å². The fourth-order valence-electron chi connectivity index (χ4n) is 2.53. The van der Waals surface area contributed by atoms with Crippen LogP contribution in [0.3, 0.4) is 0 Å². The number of benzene rings is 2. The van der Waals surface area contributed by atoms with E-state index in [1.807, 2.05) is 30.3 Å². The summed E-state index contributed by atoms with van der Waals surface area (Å²) in [4.78, 5) is 14.0. The molecule has 4 nitrogen and oxygen atoms in total. The van der Waals surface area contributed by atoms with E-state index in [0.29, 0.717) is 25.4 Å². The van der Waals surface area contributed by atoms with Gasteiger partial charge in [0.25, 0.3) is 5.91 Å². The Morgan fingerprint density at radius 2 is 1.83 bits per heavy atom. The lowest BCUT2D eigenvalue weighted by molar-refractivity contribution is -0.152. The van der Waals surface area contributed by atoms with Crippen molar-refractivity contribution < 1.29 is 18.7 Å². The fraction of sp³-hybridized carbons (Fsp3) is 0.316. The minimum Gasteiger partial charge on any atom is -0.481 e. The normalized spacial score (nSPS) is 15.7. The zero-order valence-corrected chi connectivity index (χ0v) is 13.5. The number of para-hydroxylation sites is 1. The van der Waals surface area contributed by atoms with Crippen molar-refractivity contribution >= 4 is 5.91 Å². The number of carbonyl (C=O) groups is 1. The Hall–Kier alpha value is -2.40. The SMILES string of the molecule is C[C@H](Oc1ccccc1)C(=O)N1CC(OCc2ccc(F)cc2)C1. The summed E-state index contributed by atoms with van der Waals surface area (Å²) < 4.78 is 24.2. The number of amides is 1. The predicted molar refractivity (Wildman–Crippen MR) is 88.1 cm³/mol. The second kappa shape index (κ2) is 7.45. The van der Waals surface area contributed by atoms with Gasteiger partial charge in [0.1, 0.15) is 11.6 Å². The van der Waals surface area contributed by atoms with E-state index in [9.17, 15) is 9.18 Å².